The molecule has 1 unspecified atom stereocenters. The van der Waals surface area contributed by atoms with Gasteiger partial charge in [0.1, 0.15) is 10.8 Å². The Morgan fingerprint density at radius 2 is 2.11 bits per heavy atom. The number of ketones is 1. The number of allylic oxidation sites excluding steroid dienone is 3. The SMILES string of the molecule is C/C=C/C=C/[C@H]1C(C(C)=O)=CCN1[S+]([O-])C(C)(C)C. The maximum Gasteiger partial charge on any atom is 0.157 e. The van der Waals surface area contributed by atoms with Crippen LogP contribution in [0, 0.1) is 0 Å². The summed E-state index contributed by atoms with van der Waals surface area (Å²) in [7, 11) is 0. The first-order valence-electron chi connectivity index (χ1n) is 6.48. The van der Waals surface area contributed by atoms with E-state index in [1.54, 1.807) is 6.92 Å². The predicted molar refractivity (Wildman–Crippen MR) is 81.1 cm³/mol. The molecule has 106 valence electrons. The van der Waals surface area contributed by atoms with Gasteiger partial charge in [-0.2, -0.15) is 0 Å². The zero-order valence-electron chi connectivity index (χ0n) is 12.3. The summed E-state index contributed by atoms with van der Waals surface area (Å²) in [5.41, 5.74) is 0.735. The standard InChI is InChI=1S/C15H23NO2S/c1-6-7-8-9-14-13(12(2)17)10-11-16(14)19(18)15(3,4)5/h6-10,14H,11H2,1-5H3/b7-6+,9-8+/t14-,19?/m0/s1. The average molecular weight is 281 g/mol. The molecule has 0 aromatic rings. The van der Waals surface area contributed by atoms with Crippen molar-refractivity contribution in [2.75, 3.05) is 6.54 Å². The van der Waals surface area contributed by atoms with Gasteiger partial charge >= 0.3 is 0 Å². The molecule has 0 fully saturated rings. The Bertz CT molecular complexity index is 418. The predicted octanol–water partition coefficient (Wildman–Crippen LogP) is 2.78. The molecule has 0 aromatic carbocycles. The van der Waals surface area contributed by atoms with Gasteiger partial charge in [-0.15, -0.1) is 4.31 Å². The largest absolute Gasteiger partial charge is 0.597 e. The Hall–Kier alpha value is -0.840. The van der Waals surface area contributed by atoms with Gasteiger partial charge in [0.05, 0.1) is 6.54 Å². The summed E-state index contributed by atoms with van der Waals surface area (Å²) in [5.74, 6) is 0.0449. The molecule has 0 amide bonds. The lowest BCUT2D eigenvalue weighted by molar-refractivity contribution is -0.113. The molecule has 0 saturated heterocycles. The monoisotopic (exact) mass is 281 g/mol. The second kappa shape index (κ2) is 6.55. The highest BCUT2D eigenvalue weighted by molar-refractivity contribution is 7.90. The Balaban J connectivity index is 2.98. The molecule has 1 aliphatic heterocycles. The van der Waals surface area contributed by atoms with E-state index in [1.807, 2.05) is 62.4 Å². The maximum atomic E-state index is 12.5. The van der Waals surface area contributed by atoms with Crippen molar-refractivity contribution >= 4 is 17.1 Å². The second-order valence-electron chi connectivity index (χ2n) is 5.53. The van der Waals surface area contributed by atoms with Crippen LogP contribution >= 0.6 is 0 Å². The van der Waals surface area contributed by atoms with E-state index in [-0.39, 0.29) is 16.6 Å². The highest BCUT2D eigenvalue weighted by atomic mass is 32.2. The van der Waals surface area contributed by atoms with Crippen LogP contribution in [0.5, 0.6) is 0 Å². The zero-order chi connectivity index (χ0) is 14.6. The number of Topliss-reactive ketones (excluding diaryl/α,β-unsaturated/α-hetero) is 1. The van der Waals surface area contributed by atoms with Crippen molar-refractivity contribution < 1.29 is 9.35 Å². The number of carbonyl (C=O) groups is 1. The van der Waals surface area contributed by atoms with Gasteiger partial charge in [-0.25, -0.2) is 0 Å². The van der Waals surface area contributed by atoms with Crippen LogP contribution in [0.2, 0.25) is 0 Å². The third kappa shape index (κ3) is 4.06. The first-order valence-corrected chi connectivity index (χ1v) is 7.58. The van der Waals surface area contributed by atoms with Crippen molar-refractivity contribution in [3.8, 4) is 0 Å². The molecule has 2 atom stereocenters. The van der Waals surface area contributed by atoms with Gasteiger partial charge in [-0.05, 0) is 34.6 Å². The molecule has 1 aliphatic rings. The number of hydrogen-bond acceptors (Lipinski definition) is 3. The lowest BCUT2D eigenvalue weighted by Gasteiger charge is -2.33. The van der Waals surface area contributed by atoms with Crippen molar-refractivity contribution in [1.82, 2.24) is 4.31 Å². The smallest absolute Gasteiger partial charge is 0.157 e. The minimum atomic E-state index is -1.13. The molecule has 4 heteroatoms. The van der Waals surface area contributed by atoms with Crippen molar-refractivity contribution in [2.24, 2.45) is 0 Å². The molecule has 0 saturated carbocycles. The fourth-order valence-electron chi connectivity index (χ4n) is 1.93. The molecule has 19 heavy (non-hydrogen) atoms. The molecular weight excluding hydrogens is 258 g/mol. The van der Waals surface area contributed by atoms with Gasteiger partial charge in [0, 0.05) is 16.9 Å². The first-order chi connectivity index (χ1) is 8.79. The Morgan fingerprint density at radius 3 is 2.58 bits per heavy atom. The quantitative estimate of drug-likeness (QED) is 0.588. The number of nitrogens with zero attached hydrogens (tertiary/aromatic N) is 1. The van der Waals surface area contributed by atoms with Crippen LogP contribution in [0.15, 0.2) is 36.0 Å². The van der Waals surface area contributed by atoms with E-state index in [9.17, 15) is 9.35 Å². The number of hydrogen-bond donors (Lipinski definition) is 0. The molecule has 1 rings (SSSR count). The highest BCUT2D eigenvalue weighted by Gasteiger charge is 2.41. The van der Waals surface area contributed by atoms with E-state index in [2.05, 4.69) is 0 Å². The minimum Gasteiger partial charge on any atom is -0.597 e. The summed E-state index contributed by atoms with van der Waals surface area (Å²) >= 11 is -1.13. The van der Waals surface area contributed by atoms with Crippen LogP contribution in [-0.2, 0) is 16.2 Å². The normalized spacial score (nSPS) is 23.3. The van der Waals surface area contributed by atoms with Gasteiger partial charge < -0.3 is 4.55 Å². The fraction of sp³-hybridized carbons (Fsp3) is 0.533. The topological polar surface area (TPSA) is 43.4 Å². The van der Waals surface area contributed by atoms with Crippen molar-refractivity contribution in [1.29, 1.82) is 0 Å². The van der Waals surface area contributed by atoms with Crippen molar-refractivity contribution in [3.05, 3.63) is 36.0 Å². The van der Waals surface area contributed by atoms with Crippen LogP contribution in [0.3, 0.4) is 0 Å². The maximum absolute atomic E-state index is 12.5. The average Bonchev–Trinajstić information content (AvgIpc) is 2.71. The third-order valence-corrected chi connectivity index (χ3v) is 4.71. The molecule has 0 aromatic heterocycles. The lowest BCUT2D eigenvalue weighted by atomic mass is 10.1. The molecule has 1 heterocycles. The minimum absolute atomic E-state index is 0.0449. The van der Waals surface area contributed by atoms with Crippen LogP contribution < -0.4 is 0 Å². The van der Waals surface area contributed by atoms with E-state index >= 15 is 0 Å². The molecule has 0 spiro atoms. The van der Waals surface area contributed by atoms with E-state index in [4.69, 9.17) is 0 Å². The fourth-order valence-corrected chi connectivity index (χ4v) is 3.24. The molecule has 0 N–H and O–H groups in total. The summed E-state index contributed by atoms with van der Waals surface area (Å²) in [6, 6.07) is -0.186. The summed E-state index contributed by atoms with van der Waals surface area (Å²) in [5, 5.41) is 0. The van der Waals surface area contributed by atoms with Crippen LogP contribution in [0.1, 0.15) is 34.6 Å². The van der Waals surface area contributed by atoms with Gasteiger partial charge in [0.2, 0.25) is 0 Å². The third-order valence-electron chi connectivity index (χ3n) is 2.86. The van der Waals surface area contributed by atoms with Crippen molar-refractivity contribution in [3.63, 3.8) is 0 Å². The van der Waals surface area contributed by atoms with Gasteiger partial charge in [-0.1, -0.05) is 30.4 Å². The molecule has 0 aliphatic carbocycles. The Labute approximate surface area is 119 Å². The summed E-state index contributed by atoms with van der Waals surface area (Å²) in [4.78, 5) is 11.7. The van der Waals surface area contributed by atoms with E-state index in [0.717, 1.165) is 5.57 Å². The zero-order valence-corrected chi connectivity index (χ0v) is 13.2. The Kier molecular flexibility index (Phi) is 5.59. The Morgan fingerprint density at radius 1 is 1.47 bits per heavy atom. The lowest BCUT2D eigenvalue weighted by Crippen LogP contribution is -2.46. The summed E-state index contributed by atoms with van der Waals surface area (Å²) < 4.78 is 14.1. The van der Waals surface area contributed by atoms with E-state index in [0.29, 0.717) is 6.54 Å². The van der Waals surface area contributed by atoms with Gasteiger partial charge in [-0.3, -0.25) is 4.79 Å². The molecule has 0 bridgehead atoms. The van der Waals surface area contributed by atoms with Gasteiger partial charge in [0.25, 0.3) is 0 Å². The second-order valence-corrected chi connectivity index (χ2v) is 7.72. The summed E-state index contributed by atoms with van der Waals surface area (Å²) in [6.07, 6.45) is 9.56. The highest BCUT2D eigenvalue weighted by Crippen LogP contribution is 2.30. The molecule has 0 radical (unpaired) electrons. The molecule has 3 nitrogen and oxygen atoms in total. The van der Waals surface area contributed by atoms with Gasteiger partial charge in [0.15, 0.2) is 5.78 Å². The molecular formula is C15H23NO2S. The summed E-state index contributed by atoms with van der Waals surface area (Å²) in [6.45, 7) is 9.89. The van der Waals surface area contributed by atoms with Crippen LogP contribution in [0.4, 0.5) is 0 Å². The van der Waals surface area contributed by atoms with E-state index < -0.39 is 11.4 Å². The van der Waals surface area contributed by atoms with Crippen molar-refractivity contribution in [2.45, 2.75) is 45.4 Å². The number of rotatable bonds is 4. The van der Waals surface area contributed by atoms with E-state index in [1.165, 1.54) is 0 Å². The number of carbonyl (C=O) groups excluding carboxylic acids is 1. The first kappa shape index (κ1) is 16.2. The van der Waals surface area contributed by atoms with Crippen LogP contribution in [-0.4, -0.2) is 32.0 Å². The van der Waals surface area contributed by atoms with Crippen LogP contribution in [0.25, 0.3) is 0 Å².